The minimum atomic E-state index is -1.55. The van der Waals surface area contributed by atoms with Gasteiger partial charge in [-0.2, -0.15) is 0 Å². The van der Waals surface area contributed by atoms with Gasteiger partial charge in [0.25, 0.3) is 0 Å². The van der Waals surface area contributed by atoms with Crippen LogP contribution in [-0.2, 0) is 23.7 Å². The first-order valence-corrected chi connectivity index (χ1v) is 23.4. The Bertz CT molecular complexity index is 1070. The molecule has 4 N–H and O–H groups in total. The van der Waals surface area contributed by atoms with Gasteiger partial charge in [0.05, 0.1) is 19.8 Å². The predicted molar refractivity (Wildman–Crippen MR) is 238 cm³/mol. The van der Waals surface area contributed by atoms with E-state index < -0.39 is 43.4 Å². The highest BCUT2D eigenvalue weighted by atomic mass is 16.7. The number of hydrogen-bond acceptors (Lipinski definition) is 9. The van der Waals surface area contributed by atoms with Crippen molar-refractivity contribution in [2.75, 3.05) is 26.4 Å². The Balaban J connectivity index is 2.26. The normalized spacial score (nSPS) is 20.8. The Morgan fingerprint density at radius 3 is 1.60 bits per heavy atom. The van der Waals surface area contributed by atoms with Crippen LogP contribution in [-0.4, -0.2) is 89.6 Å². The molecule has 0 radical (unpaired) electrons. The summed E-state index contributed by atoms with van der Waals surface area (Å²) < 4.78 is 22.7. The number of carbonyl (C=O) groups excluding carboxylic acids is 1. The summed E-state index contributed by atoms with van der Waals surface area (Å²) >= 11 is 0. The fraction of sp³-hybridized carbons (Fsp3) is 0.776. The highest BCUT2D eigenvalue weighted by Gasteiger charge is 2.44. The van der Waals surface area contributed by atoms with Crippen molar-refractivity contribution >= 4 is 5.97 Å². The third-order valence-electron chi connectivity index (χ3n) is 10.4. The maximum absolute atomic E-state index is 12.8. The summed E-state index contributed by atoms with van der Waals surface area (Å²) in [7, 11) is 0. The summed E-state index contributed by atoms with van der Waals surface area (Å²) in [6, 6.07) is 0. The van der Waals surface area contributed by atoms with Crippen LogP contribution < -0.4 is 0 Å². The van der Waals surface area contributed by atoms with Crippen molar-refractivity contribution in [2.24, 2.45) is 0 Å². The van der Waals surface area contributed by atoms with E-state index in [0.717, 1.165) is 57.8 Å². The van der Waals surface area contributed by atoms with Crippen molar-refractivity contribution in [1.29, 1.82) is 0 Å². The van der Waals surface area contributed by atoms with Crippen LogP contribution in [0.25, 0.3) is 0 Å². The molecule has 1 rings (SSSR count). The molecule has 6 unspecified atom stereocenters. The Labute approximate surface area is 354 Å². The van der Waals surface area contributed by atoms with Gasteiger partial charge in [0.2, 0.25) is 0 Å². The zero-order valence-corrected chi connectivity index (χ0v) is 36.8. The quantitative estimate of drug-likeness (QED) is 0.0272. The summed E-state index contributed by atoms with van der Waals surface area (Å²) in [5.74, 6) is -0.335. The highest BCUT2D eigenvalue weighted by Crippen LogP contribution is 2.22. The van der Waals surface area contributed by atoms with E-state index in [1.165, 1.54) is 103 Å². The molecular weight excluding hydrogens is 733 g/mol. The van der Waals surface area contributed by atoms with Gasteiger partial charge in [-0.25, -0.2) is 0 Å². The van der Waals surface area contributed by atoms with E-state index in [1.807, 2.05) is 0 Å². The summed E-state index contributed by atoms with van der Waals surface area (Å²) in [5.41, 5.74) is 0. The summed E-state index contributed by atoms with van der Waals surface area (Å²) in [6.07, 6.45) is 44.1. The number of hydrogen-bond donors (Lipinski definition) is 4. The van der Waals surface area contributed by atoms with Gasteiger partial charge in [-0.15, -0.1) is 0 Å². The number of carbonyl (C=O) groups is 1. The fourth-order valence-corrected chi connectivity index (χ4v) is 6.78. The summed E-state index contributed by atoms with van der Waals surface area (Å²) in [6.45, 7) is 4.30. The van der Waals surface area contributed by atoms with Gasteiger partial charge in [0, 0.05) is 13.0 Å². The van der Waals surface area contributed by atoms with Crippen LogP contribution in [0.3, 0.4) is 0 Å². The molecule has 1 saturated heterocycles. The van der Waals surface area contributed by atoms with Crippen LogP contribution >= 0.6 is 0 Å². The van der Waals surface area contributed by atoms with Crippen molar-refractivity contribution in [1.82, 2.24) is 0 Å². The van der Waals surface area contributed by atoms with Crippen LogP contribution in [0.15, 0.2) is 60.8 Å². The number of rotatable bonds is 39. The zero-order valence-electron chi connectivity index (χ0n) is 36.8. The molecule has 9 nitrogen and oxygen atoms in total. The van der Waals surface area contributed by atoms with E-state index >= 15 is 0 Å². The standard InChI is InChI=1S/C49H86O9/c1-3-5-7-9-11-13-15-17-19-20-21-22-23-24-25-26-28-30-32-34-36-38-45(51)57-43(42-56-49-48(54)47(53)46(52)44(40-50)58-49)41-55-39-37-35-33-31-29-27-18-16-14-12-10-8-6-4-2/h6,8,12,14,18,20-21,27,31,33,43-44,46-50,52-54H,3-5,7,9-11,13,15-17,19,22-26,28-30,32,34-42H2,1-2H3/b8-6-,14-12-,21-20-,27-18-,33-31-. The first kappa shape index (κ1) is 53.9. The van der Waals surface area contributed by atoms with Crippen molar-refractivity contribution in [3.05, 3.63) is 60.8 Å². The van der Waals surface area contributed by atoms with Crippen LogP contribution in [0.4, 0.5) is 0 Å². The second kappa shape index (κ2) is 40.3. The Kier molecular flexibility index (Phi) is 37.5. The molecule has 6 atom stereocenters. The largest absolute Gasteiger partial charge is 0.457 e. The maximum atomic E-state index is 12.8. The number of ether oxygens (including phenoxy) is 4. The van der Waals surface area contributed by atoms with Gasteiger partial charge in [0.1, 0.15) is 30.5 Å². The van der Waals surface area contributed by atoms with E-state index in [-0.39, 0.29) is 19.2 Å². The first-order chi connectivity index (χ1) is 28.4. The first-order valence-electron chi connectivity index (χ1n) is 23.4. The lowest BCUT2D eigenvalue weighted by molar-refractivity contribution is -0.305. The molecule has 336 valence electrons. The topological polar surface area (TPSA) is 135 Å². The van der Waals surface area contributed by atoms with Crippen molar-refractivity contribution in [3.8, 4) is 0 Å². The fourth-order valence-electron chi connectivity index (χ4n) is 6.78. The number of unbranched alkanes of at least 4 members (excludes halogenated alkanes) is 18. The molecule has 0 aromatic heterocycles. The smallest absolute Gasteiger partial charge is 0.306 e. The second-order valence-electron chi connectivity index (χ2n) is 15.8. The molecule has 0 aromatic carbocycles. The van der Waals surface area contributed by atoms with E-state index in [2.05, 4.69) is 74.6 Å². The number of aliphatic hydroxyl groups excluding tert-OH is 4. The number of esters is 1. The average Bonchev–Trinajstić information content (AvgIpc) is 3.22. The summed E-state index contributed by atoms with van der Waals surface area (Å²) in [5, 5.41) is 40.1. The number of aliphatic hydroxyl groups is 4. The lowest BCUT2D eigenvalue weighted by Crippen LogP contribution is -2.59. The third-order valence-corrected chi connectivity index (χ3v) is 10.4. The van der Waals surface area contributed by atoms with Gasteiger partial charge < -0.3 is 39.4 Å². The zero-order chi connectivity index (χ0) is 42.2. The molecular formula is C49H86O9. The monoisotopic (exact) mass is 819 g/mol. The van der Waals surface area contributed by atoms with Gasteiger partial charge in [-0.1, -0.05) is 164 Å². The molecule has 0 spiro atoms. The summed E-state index contributed by atoms with van der Waals surface area (Å²) in [4.78, 5) is 12.8. The molecule has 0 aliphatic carbocycles. The average molecular weight is 819 g/mol. The molecule has 58 heavy (non-hydrogen) atoms. The molecule has 9 heteroatoms. The van der Waals surface area contributed by atoms with E-state index in [9.17, 15) is 25.2 Å². The van der Waals surface area contributed by atoms with E-state index in [0.29, 0.717) is 13.0 Å². The maximum Gasteiger partial charge on any atom is 0.306 e. The van der Waals surface area contributed by atoms with E-state index in [4.69, 9.17) is 18.9 Å². The van der Waals surface area contributed by atoms with Crippen LogP contribution in [0.5, 0.6) is 0 Å². The predicted octanol–water partition coefficient (Wildman–Crippen LogP) is 10.7. The highest BCUT2D eigenvalue weighted by molar-refractivity contribution is 5.69. The lowest BCUT2D eigenvalue weighted by atomic mass is 9.99. The van der Waals surface area contributed by atoms with Crippen LogP contribution in [0.2, 0.25) is 0 Å². The third kappa shape index (κ3) is 30.9. The Morgan fingerprint density at radius 1 is 0.569 bits per heavy atom. The molecule has 1 aliphatic heterocycles. The van der Waals surface area contributed by atoms with Gasteiger partial charge >= 0.3 is 5.97 Å². The molecule has 0 bridgehead atoms. The molecule has 1 fully saturated rings. The molecule has 1 aliphatic rings. The molecule has 0 saturated carbocycles. The Morgan fingerprint density at radius 2 is 1.05 bits per heavy atom. The van der Waals surface area contributed by atoms with Crippen LogP contribution in [0.1, 0.15) is 181 Å². The number of allylic oxidation sites excluding steroid dienone is 10. The molecule has 1 heterocycles. The molecule has 0 amide bonds. The van der Waals surface area contributed by atoms with Gasteiger partial charge in [-0.05, 0) is 70.6 Å². The van der Waals surface area contributed by atoms with Crippen molar-refractivity contribution in [3.63, 3.8) is 0 Å². The van der Waals surface area contributed by atoms with E-state index in [1.54, 1.807) is 0 Å². The molecule has 0 aromatic rings. The van der Waals surface area contributed by atoms with Crippen molar-refractivity contribution < 1.29 is 44.2 Å². The second-order valence-corrected chi connectivity index (χ2v) is 15.8. The minimum absolute atomic E-state index is 0.104. The lowest BCUT2D eigenvalue weighted by Gasteiger charge is -2.39. The minimum Gasteiger partial charge on any atom is -0.457 e. The van der Waals surface area contributed by atoms with Gasteiger partial charge in [0.15, 0.2) is 6.29 Å². The van der Waals surface area contributed by atoms with Crippen molar-refractivity contribution in [2.45, 2.75) is 218 Å². The SMILES string of the molecule is CC/C=C\C/C=C\C/C=C\C/C=C\CCCOCC(COC1OC(CO)C(O)C(O)C1O)OC(=O)CCCCCCCCCCC/C=C\CCCCCCCCCC. The van der Waals surface area contributed by atoms with Gasteiger partial charge in [-0.3, -0.25) is 4.79 Å². The van der Waals surface area contributed by atoms with Crippen LogP contribution in [0, 0.1) is 0 Å². The Hall–Kier alpha value is -2.11.